The third kappa shape index (κ3) is 3.29. The molecule has 5 nitrogen and oxygen atoms in total. The van der Waals surface area contributed by atoms with E-state index in [0.29, 0.717) is 12.1 Å². The summed E-state index contributed by atoms with van der Waals surface area (Å²) in [5.74, 6) is -0.00195. The van der Waals surface area contributed by atoms with Crippen molar-refractivity contribution in [2.24, 2.45) is 5.41 Å². The summed E-state index contributed by atoms with van der Waals surface area (Å²) in [4.78, 5) is 12.3. The third-order valence-corrected chi connectivity index (χ3v) is 4.41. The molecule has 5 heteroatoms. The van der Waals surface area contributed by atoms with Gasteiger partial charge >= 0.3 is 0 Å². The summed E-state index contributed by atoms with van der Waals surface area (Å²) in [6, 6.07) is 5.76. The molecular weight excluding hydrogens is 266 g/mol. The molecule has 2 aliphatic rings. The van der Waals surface area contributed by atoms with Gasteiger partial charge in [0.25, 0.3) is 5.91 Å². The largest absolute Gasteiger partial charge is 0.382 e. The molecular formula is C16H23N3O2. The number of carbonyl (C=O) groups excluding carboxylic acids is 1. The Kier molecular flexibility index (Phi) is 4.01. The summed E-state index contributed by atoms with van der Waals surface area (Å²) in [6.45, 7) is 6.31. The van der Waals surface area contributed by atoms with Crippen LogP contribution < -0.4 is 16.0 Å². The van der Waals surface area contributed by atoms with Crippen LogP contribution in [0.25, 0.3) is 0 Å². The summed E-state index contributed by atoms with van der Waals surface area (Å²) in [7, 11) is 0. The van der Waals surface area contributed by atoms with E-state index in [9.17, 15) is 4.79 Å². The Hall–Kier alpha value is -1.75. The molecule has 0 radical (unpaired) electrons. The van der Waals surface area contributed by atoms with E-state index in [1.165, 1.54) is 0 Å². The number of rotatable bonds is 3. The molecule has 0 spiro atoms. The van der Waals surface area contributed by atoms with Crippen molar-refractivity contribution in [3.05, 3.63) is 23.8 Å². The number of fused-ring (bicyclic) bond motifs is 1. The minimum atomic E-state index is -0.00195. The first kappa shape index (κ1) is 14.2. The topological polar surface area (TPSA) is 62.4 Å². The number of hydrogen-bond donors (Lipinski definition) is 3. The van der Waals surface area contributed by atoms with E-state index < -0.39 is 0 Å². The van der Waals surface area contributed by atoms with Crippen LogP contribution in [0.15, 0.2) is 18.2 Å². The van der Waals surface area contributed by atoms with Crippen molar-refractivity contribution in [3.8, 4) is 0 Å². The quantitative estimate of drug-likeness (QED) is 0.797. The molecule has 3 rings (SSSR count). The van der Waals surface area contributed by atoms with Gasteiger partial charge in [0.05, 0.1) is 11.4 Å². The van der Waals surface area contributed by atoms with E-state index in [4.69, 9.17) is 4.74 Å². The van der Waals surface area contributed by atoms with Crippen molar-refractivity contribution in [2.75, 3.05) is 43.5 Å². The maximum Gasteiger partial charge on any atom is 0.251 e. The standard InChI is InChI=1S/C16H23N3O2/c1-16(4-8-21-9-5-16)11-19-15(20)12-2-3-13-14(10-12)18-7-6-17-13/h2-3,10,17-18H,4-9,11H2,1H3,(H,19,20). The molecule has 0 bridgehead atoms. The Morgan fingerprint density at radius 1 is 1.24 bits per heavy atom. The van der Waals surface area contributed by atoms with Crippen LogP contribution in [0.2, 0.25) is 0 Å². The molecule has 2 heterocycles. The summed E-state index contributed by atoms with van der Waals surface area (Å²) in [6.07, 6.45) is 2.01. The minimum absolute atomic E-state index is 0.00195. The highest BCUT2D eigenvalue weighted by Crippen LogP contribution is 2.29. The van der Waals surface area contributed by atoms with Gasteiger partial charge in [-0.2, -0.15) is 0 Å². The van der Waals surface area contributed by atoms with Gasteiger partial charge in [-0.1, -0.05) is 6.92 Å². The van der Waals surface area contributed by atoms with Crippen molar-refractivity contribution in [1.29, 1.82) is 0 Å². The number of nitrogens with one attached hydrogen (secondary N) is 3. The van der Waals surface area contributed by atoms with E-state index in [-0.39, 0.29) is 11.3 Å². The van der Waals surface area contributed by atoms with Crippen molar-refractivity contribution < 1.29 is 9.53 Å². The fraction of sp³-hybridized carbons (Fsp3) is 0.562. The maximum absolute atomic E-state index is 12.3. The van der Waals surface area contributed by atoms with Crippen LogP contribution >= 0.6 is 0 Å². The normalized spacial score (nSPS) is 19.9. The molecule has 0 unspecified atom stereocenters. The second kappa shape index (κ2) is 5.93. The molecule has 1 aromatic carbocycles. The molecule has 21 heavy (non-hydrogen) atoms. The SMILES string of the molecule is CC1(CNC(=O)c2ccc3c(c2)NCCN3)CCOCC1. The van der Waals surface area contributed by atoms with Crippen LogP contribution in [-0.4, -0.2) is 38.8 Å². The fourth-order valence-electron chi connectivity index (χ4n) is 2.82. The number of hydrogen-bond acceptors (Lipinski definition) is 4. The van der Waals surface area contributed by atoms with Gasteiger partial charge in [-0.3, -0.25) is 4.79 Å². The summed E-state index contributed by atoms with van der Waals surface area (Å²) in [5.41, 5.74) is 2.93. The van der Waals surface area contributed by atoms with Crippen molar-refractivity contribution in [2.45, 2.75) is 19.8 Å². The lowest BCUT2D eigenvalue weighted by atomic mass is 9.82. The predicted molar refractivity (Wildman–Crippen MR) is 83.9 cm³/mol. The average molecular weight is 289 g/mol. The van der Waals surface area contributed by atoms with Crippen LogP contribution in [-0.2, 0) is 4.74 Å². The first-order valence-corrected chi connectivity index (χ1v) is 7.64. The van der Waals surface area contributed by atoms with Gasteiger partial charge in [-0.15, -0.1) is 0 Å². The van der Waals surface area contributed by atoms with E-state index in [1.807, 2.05) is 18.2 Å². The highest BCUT2D eigenvalue weighted by molar-refractivity contribution is 5.96. The van der Waals surface area contributed by atoms with Crippen LogP contribution in [0.4, 0.5) is 11.4 Å². The fourth-order valence-corrected chi connectivity index (χ4v) is 2.82. The highest BCUT2D eigenvalue weighted by Gasteiger charge is 2.27. The van der Waals surface area contributed by atoms with Gasteiger partial charge in [-0.25, -0.2) is 0 Å². The minimum Gasteiger partial charge on any atom is -0.382 e. The Morgan fingerprint density at radius 3 is 2.71 bits per heavy atom. The molecule has 0 aliphatic carbocycles. The Bertz CT molecular complexity index is 524. The van der Waals surface area contributed by atoms with E-state index in [0.717, 1.165) is 50.5 Å². The van der Waals surface area contributed by atoms with Crippen LogP contribution in [0.5, 0.6) is 0 Å². The number of amides is 1. The molecule has 0 aromatic heterocycles. The summed E-state index contributed by atoms with van der Waals surface area (Å²) in [5, 5.41) is 9.70. The van der Waals surface area contributed by atoms with Crippen LogP contribution in [0.1, 0.15) is 30.1 Å². The first-order valence-electron chi connectivity index (χ1n) is 7.64. The molecule has 0 saturated carbocycles. The summed E-state index contributed by atoms with van der Waals surface area (Å²) < 4.78 is 5.39. The number of ether oxygens (including phenoxy) is 1. The van der Waals surface area contributed by atoms with Gasteiger partial charge in [-0.05, 0) is 36.5 Å². The van der Waals surface area contributed by atoms with E-state index in [1.54, 1.807) is 0 Å². The zero-order chi connectivity index (χ0) is 14.7. The van der Waals surface area contributed by atoms with Gasteiger partial charge in [0.2, 0.25) is 0 Å². The zero-order valence-electron chi connectivity index (χ0n) is 12.5. The Balaban J connectivity index is 1.62. The Labute approximate surface area is 125 Å². The van der Waals surface area contributed by atoms with Gasteiger partial charge in [0, 0.05) is 38.4 Å². The van der Waals surface area contributed by atoms with E-state index in [2.05, 4.69) is 22.9 Å². The van der Waals surface area contributed by atoms with Crippen LogP contribution in [0.3, 0.4) is 0 Å². The van der Waals surface area contributed by atoms with Crippen molar-refractivity contribution in [1.82, 2.24) is 5.32 Å². The van der Waals surface area contributed by atoms with Gasteiger partial charge < -0.3 is 20.7 Å². The zero-order valence-corrected chi connectivity index (χ0v) is 12.5. The maximum atomic E-state index is 12.3. The monoisotopic (exact) mass is 289 g/mol. The first-order chi connectivity index (χ1) is 10.2. The lowest BCUT2D eigenvalue weighted by Crippen LogP contribution is -2.39. The van der Waals surface area contributed by atoms with E-state index >= 15 is 0 Å². The van der Waals surface area contributed by atoms with Gasteiger partial charge in [0.15, 0.2) is 0 Å². The van der Waals surface area contributed by atoms with Gasteiger partial charge in [0.1, 0.15) is 0 Å². The Morgan fingerprint density at radius 2 is 1.95 bits per heavy atom. The highest BCUT2D eigenvalue weighted by atomic mass is 16.5. The number of benzene rings is 1. The second-order valence-electron chi connectivity index (χ2n) is 6.22. The number of carbonyl (C=O) groups is 1. The third-order valence-electron chi connectivity index (χ3n) is 4.41. The molecule has 114 valence electrons. The van der Waals surface area contributed by atoms with Crippen molar-refractivity contribution in [3.63, 3.8) is 0 Å². The lowest BCUT2D eigenvalue weighted by Gasteiger charge is -2.33. The molecule has 1 fully saturated rings. The molecule has 2 aliphatic heterocycles. The predicted octanol–water partition coefficient (Wildman–Crippen LogP) is 2.07. The number of anilines is 2. The van der Waals surface area contributed by atoms with Crippen LogP contribution in [0, 0.1) is 5.41 Å². The lowest BCUT2D eigenvalue weighted by molar-refractivity contribution is 0.0238. The van der Waals surface area contributed by atoms with Crippen molar-refractivity contribution >= 4 is 17.3 Å². The molecule has 1 aromatic rings. The summed E-state index contributed by atoms with van der Waals surface area (Å²) >= 11 is 0. The average Bonchev–Trinajstić information content (AvgIpc) is 2.53. The smallest absolute Gasteiger partial charge is 0.251 e. The molecule has 3 N–H and O–H groups in total. The molecule has 1 saturated heterocycles. The molecule has 1 amide bonds. The second-order valence-corrected chi connectivity index (χ2v) is 6.22. The molecule has 0 atom stereocenters.